The second-order valence-corrected chi connectivity index (χ2v) is 4.13. The Morgan fingerprint density at radius 3 is 2.79 bits per heavy atom. The average Bonchev–Trinajstić information content (AvgIpc) is 2.56. The molecular weight excluding hydrogens is 240 g/mol. The lowest BCUT2D eigenvalue weighted by molar-refractivity contribution is 0.794. The lowest BCUT2D eigenvalue weighted by Crippen LogP contribution is -1.96. The molecule has 0 atom stereocenters. The van der Waals surface area contributed by atoms with Crippen LogP contribution in [0, 0.1) is 6.92 Å². The van der Waals surface area contributed by atoms with Crippen molar-refractivity contribution in [2.24, 2.45) is 0 Å². The normalized spacial score (nSPS) is 10.4. The summed E-state index contributed by atoms with van der Waals surface area (Å²) in [6.45, 7) is 2.86. The van der Waals surface area contributed by atoms with Crippen molar-refractivity contribution in [3.8, 4) is 0 Å². The molecule has 0 radical (unpaired) electrons. The monoisotopic (exact) mass is 250 g/mol. The summed E-state index contributed by atoms with van der Waals surface area (Å²) in [5.41, 5.74) is 2.32. The van der Waals surface area contributed by atoms with Crippen LogP contribution in [0.3, 0.4) is 0 Å². The van der Waals surface area contributed by atoms with Crippen LogP contribution in [0.5, 0.6) is 0 Å². The molecule has 3 heteroatoms. The predicted octanol–water partition coefficient (Wildman–Crippen LogP) is 3.00. The minimum atomic E-state index is 0.863. The molecule has 0 amide bonds. The van der Waals surface area contributed by atoms with Gasteiger partial charge in [-0.2, -0.15) is 0 Å². The Kier molecular flexibility index (Phi) is 2.68. The van der Waals surface area contributed by atoms with Crippen LogP contribution in [0.2, 0.25) is 0 Å². The number of aromatic nitrogens is 2. The van der Waals surface area contributed by atoms with Gasteiger partial charge in [-0.15, -0.1) is 0 Å². The van der Waals surface area contributed by atoms with Gasteiger partial charge in [-0.25, -0.2) is 4.98 Å². The highest BCUT2D eigenvalue weighted by Crippen LogP contribution is 2.16. The predicted molar refractivity (Wildman–Crippen MR) is 60.2 cm³/mol. The summed E-state index contributed by atoms with van der Waals surface area (Å²) >= 11 is 3.53. The van der Waals surface area contributed by atoms with E-state index in [4.69, 9.17) is 0 Å². The van der Waals surface area contributed by atoms with Crippen molar-refractivity contribution < 1.29 is 0 Å². The van der Waals surface area contributed by atoms with E-state index in [2.05, 4.69) is 37.6 Å². The first-order valence-corrected chi connectivity index (χ1v) is 5.27. The molecule has 0 aliphatic carbocycles. The Balaban J connectivity index is 2.23. The van der Waals surface area contributed by atoms with Crippen LogP contribution in [0.1, 0.15) is 11.3 Å². The fourth-order valence-corrected chi connectivity index (χ4v) is 1.79. The summed E-state index contributed by atoms with van der Waals surface area (Å²) in [6.07, 6.45) is 3.90. The molecule has 0 spiro atoms. The Labute approximate surface area is 91.7 Å². The highest BCUT2D eigenvalue weighted by Gasteiger charge is 1.99. The quantitative estimate of drug-likeness (QED) is 0.802. The van der Waals surface area contributed by atoms with Crippen molar-refractivity contribution >= 4 is 15.9 Å². The number of rotatable bonds is 2. The lowest BCUT2D eigenvalue weighted by Gasteiger charge is -2.04. The number of imidazole rings is 1. The van der Waals surface area contributed by atoms with Crippen molar-refractivity contribution in [1.29, 1.82) is 0 Å². The molecular formula is C11H11BrN2. The maximum Gasteiger partial charge on any atom is 0.0952 e. The van der Waals surface area contributed by atoms with Crippen LogP contribution in [0.25, 0.3) is 0 Å². The summed E-state index contributed by atoms with van der Waals surface area (Å²) in [6, 6.07) is 8.23. The van der Waals surface area contributed by atoms with Gasteiger partial charge in [0.15, 0.2) is 0 Å². The SMILES string of the molecule is Cc1cn(Cc2ccccc2Br)cn1. The fraction of sp³-hybridized carbons (Fsp3) is 0.182. The zero-order chi connectivity index (χ0) is 9.97. The molecule has 0 aliphatic rings. The Morgan fingerprint density at radius 2 is 2.14 bits per heavy atom. The summed E-state index contributed by atoms with van der Waals surface area (Å²) < 4.78 is 3.22. The van der Waals surface area contributed by atoms with Gasteiger partial charge < -0.3 is 4.57 Å². The third-order valence-electron chi connectivity index (χ3n) is 2.07. The minimum Gasteiger partial charge on any atom is -0.333 e. The van der Waals surface area contributed by atoms with E-state index in [9.17, 15) is 0 Å². The first-order valence-electron chi connectivity index (χ1n) is 4.47. The van der Waals surface area contributed by atoms with Crippen LogP contribution in [0.4, 0.5) is 0 Å². The standard InChI is InChI=1S/C11H11BrN2/c1-9-6-14(8-13-9)7-10-4-2-3-5-11(10)12/h2-6,8H,7H2,1H3. The van der Waals surface area contributed by atoms with E-state index in [-0.39, 0.29) is 0 Å². The molecule has 0 saturated carbocycles. The molecule has 0 saturated heterocycles. The lowest BCUT2D eigenvalue weighted by atomic mass is 10.2. The van der Waals surface area contributed by atoms with Gasteiger partial charge in [0, 0.05) is 17.2 Å². The maximum absolute atomic E-state index is 4.19. The first kappa shape index (κ1) is 9.46. The van der Waals surface area contributed by atoms with Gasteiger partial charge in [-0.3, -0.25) is 0 Å². The van der Waals surface area contributed by atoms with Gasteiger partial charge in [0.2, 0.25) is 0 Å². The second kappa shape index (κ2) is 3.96. The van der Waals surface area contributed by atoms with E-state index >= 15 is 0 Å². The smallest absolute Gasteiger partial charge is 0.0952 e. The number of nitrogens with zero attached hydrogens (tertiary/aromatic N) is 2. The minimum absolute atomic E-state index is 0.863. The van der Waals surface area contributed by atoms with Gasteiger partial charge in [0.1, 0.15) is 0 Å². The largest absolute Gasteiger partial charge is 0.333 e. The third kappa shape index (κ3) is 2.04. The zero-order valence-electron chi connectivity index (χ0n) is 7.94. The molecule has 0 N–H and O–H groups in total. The first-order chi connectivity index (χ1) is 6.75. The van der Waals surface area contributed by atoms with E-state index in [0.29, 0.717) is 0 Å². The number of hydrogen-bond donors (Lipinski definition) is 0. The summed E-state index contributed by atoms with van der Waals surface area (Å²) in [5, 5.41) is 0. The molecule has 2 rings (SSSR count). The van der Waals surface area contributed by atoms with E-state index in [1.54, 1.807) is 0 Å². The summed E-state index contributed by atoms with van der Waals surface area (Å²) in [5.74, 6) is 0. The van der Waals surface area contributed by atoms with Crippen molar-refractivity contribution in [2.75, 3.05) is 0 Å². The van der Waals surface area contributed by atoms with Crippen molar-refractivity contribution in [3.63, 3.8) is 0 Å². The molecule has 2 aromatic rings. The van der Waals surface area contributed by atoms with Crippen molar-refractivity contribution in [3.05, 3.63) is 52.5 Å². The van der Waals surface area contributed by atoms with Crippen LogP contribution < -0.4 is 0 Å². The van der Waals surface area contributed by atoms with E-state index in [1.165, 1.54) is 5.56 Å². The maximum atomic E-state index is 4.19. The molecule has 2 nitrogen and oxygen atoms in total. The van der Waals surface area contributed by atoms with E-state index < -0.39 is 0 Å². The number of hydrogen-bond acceptors (Lipinski definition) is 1. The summed E-state index contributed by atoms with van der Waals surface area (Å²) in [4.78, 5) is 4.19. The molecule has 0 aliphatic heterocycles. The number of halogens is 1. The molecule has 1 aromatic heterocycles. The number of aryl methyl sites for hydroxylation is 1. The van der Waals surface area contributed by atoms with Gasteiger partial charge in [-0.1, -0.05) is 34.1 Å². The molecule has 1 heterocycles. The fourth-order valence-electron chi connectivity index (χ4n) is 1.38. The van der Waals surface area contributed by atoms with Crippen LogP contribution in [0.15, 0.2) is 41.3 Å². The Bertz CT molecular complexity index is 434. The van der Waals surface area contributed by atoms with Gasteiger partial charge in [0.25, 0.3) is 0 Å². The molecule has 1 aromatic carbocycles. The highest BCUT2D eigenvalue weighted by atomic mass is 79.9. The van der Waals surface area contributed by atoms with Crippen LogP contribution in [-0.4, -0.2) is 9.55 Å². The molecule has 0 unspecified atom stereocenters. The van der Waals surface area contributed by atoms with Crippen LogP contribution in [-0.2, 0) is 6.54 Å². The molecule has 0 bridgehead atoms. The van der Waals surface area contributed by atoms with E-state index in [0.717, 1.165) is 16.7 Å². The molecule has 14 heavy (non-hydrogen) atoms. The van der Waals surface area contributed by atoms with Gasteiger partial charge in [-0.05, 0) is 18.6 Å². The average molecular weight is 251 g/mol. The second-order valence-electron chi connectivity index (χ2n) is 3.28. The Morgan fingerprint density at radius 1 is 1.36 bits per heavy atom. The van der Waals surface area contributed by atoms with E-state index in [1.807, 2.05) is 31.6 Å². The van der Waals surface area contributed by atoms with Crippen LogP contribution >= 0.6 is 15.9 Å². The number of benzene rings is 1. The topological polar surface area (TPSA) is 17.8 Å². The van der Waals surface area contributed by atoms with Gasteiger partial charge in [0.05, 0.1) is 12.0 Å². The Hall–Kier alpha value is -1.09. The van der Waals surface area contributed by atoms with Crippen molar-refractivity contribution in [1.82, 2.24) is 9.55 Å². The van der Waals surface area contributed by atoms with Gasteiger partial charge >= 0.3 is 0 Å². The molecule has 0 fully saturated rings. The summed E-state index contributed by atoms with van der Waals surface area (Å²) in [7, 11) is 0. The van der Waals surface area contributed by atoms with Crippen molar-refractivity contribution in [2.45, 2.75) is 13.5 Å². The third-order valence-corrected chi connectivity index (χ3v) is 2.85. The molecule has 72 valence electrons. The highest BCUT2D eigenvalue weighted by molar-refractivity contribution is 9.10. The zero-order valence-corrected chi connectivity index (χ0v) is 9.53.